The molecule has 1 aromatic rings. The van der Waals surface area contributed by atoms with E-state index >= 15 is 0 Å². The van der Waals surface area contributed by atoms with Gasteiger partial charge in [-0.1, -0.05) is 102 Å². The molecular weight excluding hydrogens is 1550 g/mol. The number of fused-ring (bicyclic) bond motifs is 4. The van der Waals surface area contributed by atoms with Gasteiger partial charge < -0.3 is 112 Å². The van der Waals surface area contributed by atoms with Crippen LogP contribution in [0.2, 0.25) is 0 Å². The number of rotatable bonds is 20. The molecule has 8 heterocycles. The van der Waals surface area contributed by atoms with E-state index in [1.54, 1.807) is 69.5 Å². The van der Waals surface area contributed by atoms with Crippen LogP contribution < -0.4 is 5.32 Å². The minimum Gasteiger partial charge on any atom is -0.459 e. The molecule has 656 valence electrons. The number of aliphatic hydroxyl groups excluding tert-OH is 6. The first-order valence-electron chi connectivity index (χ1n) is 40.3. The fourth-order valence-electron chi connectivity index (χ4n) is 19.3. The Morgan fingerprint density at radius 3 is 1.31 bits per heavy atom. The zero-order valence-electron chi connectivity index (χ0n) is 70.6. The Kier molecular flexibility index (Phi) is 34.2. The zero-order valence-corrected chi connectivity index (χ0v) is 72.8. The highest BCUT2D eigenvalue weighted by Gasteiger charge is 2.62. The van der Waals surface area contributed by atoms with Crippen molar-refractivity contribution < 1.29 is 130 Å². The van der Waals surface area contributed by atoms with Crippen molar-refractivity contribution in [1.82, 2.24) is 10.2 Å². The van der Waals surface area contributed by atoms with E-state index in [-0.39, 0.29) is 56.2 Å². The summed E-state index contributed by atoms with van der Waals surface area (Å²) in [7, 11) is 6.61. The van der Waals surface area contributed by atoms with Crippen molar-refractivity contribution in [3.63, 3.8) is 0 Å². The van der Waals surface area contributed by atoms with E-state index in [2.05, 4.69) is 12.2 Å². The molecule has 9 N–H and O–H groups in total. The highest BCUT2D eigenvalue weighted by Crippen LogP contribution is 2.52. The fourth-order valence-corrected chi connectivity index (χ4v) is 19.3. The lowest BCUT2D eigenvalue weighted by atomic mass is 9.76. The predicted molar refractivity (Wildman–Crippen MR) is 414 cm³/mol. The molecule has 14 unspecified atom stereocenters. The molecule has 8 aliphatic rings. The highest BCUT2D eigenvalue weighted by atomic mass is 35.6. The molecule has 32 heteroatoms. The third-order valence-electron chi connectivity index (χ3n) is 26.1. The van der Waals surface area contributed by atoms with Gasteiger partial charge in [0.05, 0.1) is 113 Å². The van der Waals surface area contributed by atoms with Crippen molar-refractivity contribution in [2.75, 3.05) is 28.3 Å². The molecule has 0 amide bonds. The molecule has 0 saturated carbocycles. The van der Waals surface area contributed by atoms with Crippen LogP contribution in [0.4, 0.5) is 13.2 Å². The summed E-state index contributed by atoms with van der Waals surface area (Å²) in [6, 6.07) is 4.15. The third-order valence-corrected chi connectivity index (χ3v) is 26.1. The SMILES string of the molecule is CC[C@@H](O)[C@@](C)(O)[C@@H]1OC(=O)[C@H](C)[C@@H](O[C@H]2CC(C)(OC)[C@@H](O)C(C)O2)[C@H](C)[C@@H](O[C@@H]2OC(C)CC(N(C)Cc3ccc(C(F)(F)F)cc3)C2O)[C@]2(C)CC(C)C(O2)[C@@H]1C.CC[C@@H](O)[C@@](C)(O)[C@@H]1OC(=O)[C@H](C)[C@@H](O[C@H]2CC(C)(OC)[C@@H](O)C(C)O2)[C@H](C)[C@@H](O[C@@H]2OC(C)CC(NC)C2O)[C@]2(C)CC(C)C(O2)[C@@H]1C.ClC(Cl)Cl. The number of benzene rings is 1. The van der Waals surface area contributed by atoms with Gasteiger partial charge in [0.25, 0.3) is 0 Å². The molecule has 0 aliphatic carbocycles. The Hall–Kier alpha value is -2.06. The highest BCUT2D eigenvalue weighted by molar-refractivity contribution is 6.63. The van der Waals surface area contributed by atoms with Gasteiger partial charge in [0, 0.05) is 69.4 Å². The Labute approximate surface area is 682 Å². The Morgan fingerprint density at radius 2 is 0.956 bits per heavy atom. The minimum absolute atomic E-state index is 0.0575. The fraction of sp³-hybridized carbons (Fsp3) is 0.901. The first kappa shape index (κ1) is 98.1. The molecule has 4 bridgehead atoms. The summed E-state index contributed by atoms with van der Waals surface area (Å²) in [5, 5.41) is 94.1. The number of likely N-dealkylation sites (N-methyl/N-ethyl adjacent to an activating group) is 2. The van der Waals surface area contributed by atoms with Gasteiger partial charge in [-0.25, -0.2) is 0 Å². The normalized spacial score (nSPS) is 45.2. The van der Waals surface area contributed by atoms with Crippen LogP contribution in [0.25, 0.3) is 0 Å². The number of methoxy groups -OCH3 is 2. The van der Waals surface area contributed by atoms with Gasteiger partial charge in [-0.15, -0.1) is 0 Å². The van der Waals surface area contributed by atoms with Crippen LogP contribution in [-0.2, 0) is 88.6 Å². The molecule has 1 aromatic carbocycles. The smallest absolute Gasteiger partial charge is 0.416 e. The largest absolute Gasteiger partial charge is 0.459 e. The number of alkyl halides is 6. The number of hydrogen-bond donors (Lipinski definition) is 9. The second kappa shape index (κ2) is 39.4. The molecule has 8 fully saturated rings. The zero-order chi connectivity index (χ0) is 85.2. The van der Waals surface area contributed by atoms with Crippen molar-refractivity contribution in [2.45, 2.75) is 388 Å². The third kappa shape index (κ3) is 22.2. The monoisotopic (exact) mass is 1680 g/mol. The summed E-state index contributed by atoms with van der Waals surface area (Å²) < 4.78 is 129. The number of aliphatic hydroxyl groups is 8. The number of cyclic esters (lactones) is 2. The number of esters is 2. The maximum absolute atomic E-state index is 14.4. The number of nitrogens with zero attached hydrogens (tertiary/aromatic N) is 1. The Bertz CT molecular complexity index is 3160. The average molecular weight is 1690 g/mol. The molecule has 26 nitrogen and oxygen atoms in total. The van der Waals surface area contributed by atoms with E-state index in [1.807, 2.05) is 67.2 Å². The van der Waals surface area contributed by atoms with Gasteiger partial charge in [0.1, 0.15) is 47.8 Å². The molecule has 9 rings (SSSR count). The summed E-state index contributed by atoms with van der Waals surface area (Å²) in [4.78, 5) is 30.6. The van der Waals surface area contributed by atoms with Gasteiger partial charge in [-0.05, 0) is 165 Å². The number of halogens is 6. The Balaban J connectivity index is 0.000000305. The molecule has 8 saturated heterocycles. The topological polar surface area (TPSA) is 340 Å². The number of hydrogen-bond acceptors (Lipinski definition) is 26. The van der Waals surface area contributed by atoms with Crippen LogP contribution >= 0.6 is 34.8 Å². The summed E-state index contributed by atoms with van der Waals surface area (Å²) in [5.74, 6) is -5.81. The molecule has 38 atom stereocenters. The van der Waals surface area contributed by atoms with E-state index in [9.17, 15) is 63.6 Å². The molecule has 0 spiro atoms. The molecule has 0 radical (unpaired) electrons. The average Bonchev–Trinajstić information content (AvgIpc) is 1.66. The van der Waals surface area contributed by atoms with E-state index < -0.39 is 232 Å². The van der Waals surface area contributed by atoms with E-state index in [0.717, 1.165) is 12.1 Å². The predicted octanol–water partition coefficient (Wildman–Crippen LogP) is 9.48. The molecule has 113 heavy (non-hydrogen) atoms. The van der Waals surface area contributed by atoms with Crippen molar-refractivity contribution in [2.24, 2.45) is 47.3 Å². The van der Waals surface area contributed by atoms with E-state index in [1.165, 1.54) is 40.2 Å². The standard InChI is InChI=1S/C44H70F3NO12.C36H65NO12.CHCl3/c1-13-31(49)43(10,53)38-24(4)34-22(2)19-42(9,60-34)37(25(5)35(26(6)39(52)58-38)57-32-20-41(8,54-12)36(51)27(7)56-32)59-40-33(50)30(18-23(3)55-40)48(11)21-28-14-16-29(17-15-28)44(45,46)47;1-13-24(38)36(10,42)31-19(4)27-17(2)15-35(9,49-27)30(48-33-26(39)23(37-11)14-18(3)44-33)20(5)28(21(6)32(41)47-31)46-25-16-34(8,43-12)29(40)22(7)45-25;2-1(3)4/h14-17,22-27,30-38,40,49-51,53H,13,18-21H2,1-12H3;17-31,33,37-40,42H,13-16H2,1-12H3;1H/t22?,23?,24-,25-,26+,27?,30?,31+,32-,33?,34?,35-,36-,37+,38+,40-,41?,42-,43+;17?,18?,19-,20-,21+,22?,23?,24+,25-,26?,27?,28-,29-,30+,31+,33-,34?,35-,36+;/m00./s1. The lowest BCUT2D eigenvalue weighted by molar-refractivity contribution is -0.318. The van der Waals surface area contributed by atoms with Gasteiger partial charge in [0.15, 0.2) is 29.5 Å². The molecule has 8 aliphatic heterocycles. The Morgan fingerprint density at radius 1 is 0.584 bits per heavy atom. The van der Waals surface area contributed by atoms with Gasteiger partial charge in [0.2, 0.25) is 0 Å². The maximum Gasteiger partial charge on any atom is 0.416 e. The lowest BCUT2D eigenvalue weighted by Gasteiger charge is -2.48. The van der Waals surface area contributed by atoms with Crippen LogP contribution in [0, 0.1) is 47.3 Å². The first-order valence-corrected chi connectivity index (χ1v) is 41.7. The number of carbonyl (C=O) groups is 2. The van der Waals surface area contributed by atoms with Gasteiger partial charge >= 0.3 is 18.1 Å². The summed E-state index contributed by atoms with van der Waals surface area (Å²) in [6.07, 6.45) is -21.0. The number of carbonyl (C=O) groups excluding carboxylic acids is 2. The van der Waals surface area contributed by atoms with Crippen LogP contribution in [0.5, 0.6) is 0 Å². The number of nitrogens with one attached hydrogen (secondary N) is 1. The maximum atomic E-state index is 14.4. The first-order chi connectivity index (χ1) is 52.2. The molecule has 0 aromatic heterocycles. The summed E-state index contributed by atoms with van der Waals surface area (Å²) in [6.45, 7) is 36.3. The van der Waals surface area contributed by atoms with E-state index in [4.69, 9.17) is 101 Å². The van der Waals surface area contributed by atoms with Crippen molar-refractivity contribution in [3.8, 4) is 0 Å². The van der Waals surface area contributed by atoms with Crippen molar-refractivity contribution in [1.29, 1.82) is 0 Å². The van der Waals surface area contributed by atoms with Gasteiger partial charge in [-0.3, -0.25) is 14.5 Å². The molecular formula is C81H136Cl3F3N2O24. The quantitative estimate of drug-likeness (QED) is 0.0433. The second-order valence-electron chi connectivity index (χ2n) is 35.3. The van der Waals surface area contributed by atoms with Crippen LogP contribution in [0.15, 0.2) is 24.3 Å². The van der Waals surface area contributed by atoms with Crippen molar-refractivity contribution in [3.05, 3.63) is 35.4 Å². The minimum atomic E-state index is -4.46. The van der Waals surface area contributed by atoms with Crippen molar-refractivity contribution >= 4 is 46.7 Å². The summed E-state index contributed by atoms with van der Waals surface area (Å²) >= 11 is 14.4. The van der Waals surface area contributed by atoms with Crippen LogP contribution in [-0.4, -0.2) is 271 Å². The van der Waals surface area contributed by atoms with E-state index in [0.29, 0.717) is 31.2 Å². The van der Waals surface area contributed by atoms with Crippen LogP contribution in [0.3, 0.4) is 0 Å². The second-order valence-corrected chi connectivity index (χ2v) is 37.3. The lowest BCUT2D eigenvalue weighted by Crippen LogP contribution is -2.60. The number of ether oxygens (including phenoxy) is 14. The van der Waals surface area contributed by atoms with Gasteiger partial charge in [-0.2, -0.15) is 13.2 Å². The summed E-state index contributed by atoms with van der Waals surface area (Å²) in [5.41, 5.74) is -7.82. The van der Waals surface area contributed by atoms with Crippen LogP contribution in [0.1, 0.15) is 201 Å².